The number of carboxylic acids is 1. The van der Waals surface area contributed by atoms with Crippen LogP contribution in [0.15, 0.2) is 34.1 Å². The maximum Gasteiger partial charge on any atom is 0.315 e. The Hall–Kier alpha value is -1.20. The number of carbonyl (C=O) groups is 1. The summed E-state index contributed by atoms with van der Waals surface area (Å²) in [6, 6.07) is 7.90. The van der Waals surface area contributed by atoms with E-state index in [1.165, 1.54) is 11.3 Å². The first-order valence-electron chi connectivity index (χ1n) is 6.07. The summed E-state index contributed by atoms with van der Waals surface area (Å²) in [5.74, 6) is -0.744. The van der Waals surface area contributed by atoms with Crippen LogP contribution in [0.5, 0.6) is 0 Å². The first kappa shape index (κ1) is 12.8. The molecule has 1 fully saturated rings. The van der Waals surface area contributed by atoms with Crippen LogP contribution in [0.25, 0.3) is 10.6 Å². The molecule has 0 unspecified atom stereocenters. The van der Waals surface area contributed by atoms with Gasteiger partial charge in [0.1, 0.15) is 10.4 Å². The van der Waals surface area contributed by atoms with E-state index >= 15 is 0 Å². The van der Waals surface area contributed by atoms with E-state index in [1.54, 1.807) is 0 Å². The molecule has 5 heteroatoms. The van der Waals surface area contributed by atoms with E-state index in [0.717, 1.165) is 21.5 Å². The van der Waals surface area contributed by atoms with Gasteiger partial charge in [-0.15, -0.1) is 11.3 Å². The maximum absolute atomic E-state index is 11.5. The summed E-state index contributed by atoms with van der Waals surface area (Å²) in [6.45, 7) is 0. The Kier molecular flexibility index (Phi) is 3.19. The Bertz CT molecular complexity index is 617. The van der Waals surface area contributed by atoms with Gasteiger partial charge in [-0.25, -0.2) is 4.98 Å². The highest BCUT2D eigenvalue weighted by Gasteiger charge is 2.47. The van der Waals surface area contributed by atoms with E-state index in [2.05, 4.69) is 20.9 Å². The third-order valence-corrected chi connectivity index (χ3v) is 5.12. The normalized spacial score (nSPS) is 16.9. The van der Waals surface area contributed by atoms with Crippen LogP contribution in [0.1, 0.15) is 25.0 Å². The molecule has 0 atom stereocenters. The van der Waals surface area contributed by atoms with Crippen LogP contribution in [0, 0.1) is 0 Å². The average molecular weight is 338 g/mol. The molecule has 1 aromatic heterocycles. The van der Waals surface area contributed by atoms with Crippen molar-refractivity contribution in [2.45, 2.75) is 24.7 Å². The van der Waals surface area contributed by atoms with Gasteiger partial charge in [0, 0.05) is 15.4 Å². The van der Waals surface area contributed by atoms with E-state index in [9.17, 15) is 9.90 Å². The summed E-state index contributed by atoms with van der Waals surface area (Å²) in [5, 5.41) is 12.2. The minimum Gasteiger partial charge on any atom is -0.481 e. The minimum absolute atomic E-state index is 0.700. The first-order chi connectivity index (χ1) is 9.12. The smallest absolute Gasteiger partial charge is 0.315 e. The van der Waals surface area contributed by atoms with Crippen LogP contribution in [-0.2, 0) is 10.2 Å². The molecule has 0 spiro atoms. The highest BCUT2D eigenvalue weighted by atomic mass is 79.9. The van der Waals surface area contributed by atoms with Gasteiger partial charge in [0.05, 0.1) is 5.69 Å². The molecular weight excluding hydrogens is 326 g/mol. The monoisotopic (exact) mass is 337 g/mol. The zero-order valence-corrected chi connectivity index (χ0v) is 12.5. The van der Waals surface area contributed by atoms with Crippen LogP contribution in [0.2, 0.25) is 0 Å². The molecule has 1 heterocycles. The SMILES string of the molecule is O=C(O)C1(c2csc(-c3ccc(Br)cc3)n2)CCC1. The highest BCUT2D eigenvalue weighted by Crippen LogP contribution is 2.45. The molecule has 3 nitrogen and oxygen atoms in total. The molecule has 3 rings (SSSR count). The molecule has 1 saturated carbocycles. The average Bonchev–Trinajstić information content (AvgIpc) is 2.77. The van der Waals surface area contributed by atoms with Crippen molar-refractivity contribution in [2.24, 2.45) is 0 Å². The number of aromatic nitrogens is 1. The Balaban J connectivity index is 1.95. The van der Waals surface area contributed by atoms with Gasteiger partial charge >= 0.3 is 5.97 Å². The molecule has 0 aliphatic heterocycles. The lowest BCUT2D eigenvalue weighted by Gasteiger charge is -2.35. The molecule has 19 heavy (non-hydrogen) atoms. The lowest BCUT2D eigenvalue weighted by molar-refractivity contribution is -0.147. The highest BCUT2D eigenvalue weighted by molar-refractivity contribution is 9.10. The molecule has 98 valence electrons. The third-order valence-electron chi connectivity index (χ3n) is 3.70. The van der Waals surface area contributed by atoms with Crippen molar-refractivity contribution in [2.75, 3.05) is 0 Å². The topological polar surface area (TPSA) is 50.2 Å². The Morgan fingerprint density at radius 1 is 1.32 bits per heavy atom. The number of thiazole rings is 1. The Labute approximate surface area is 123 Å². The van der Waals surface area contributed by atoms with Crippen molar-refractivity contribution >= 4 is 33.2 Å². The summed E-state index contributed by atoms with van der Waals surface area (Å²) in [6.07, 6.45) is 2.37. The molecule has 0 bridgehead atoms. The summed E-state index contributed by atoms with van der Waals surface area (Å²) in [5.41, 5.74) is 1.01. The second-order valence-corrected chi connectivity index (χ2v) is 6.56. The van der Waals surface area contributed by atoms with Gasteiger partial charge in [-0.05, 0) is 25.0 Å². The van der Waals surface area contributed by atoms with Gasteiger partial charge < -0.3 is 5.11 Å². The van der Waals surface area contributed by atoms with E-state index in [4.69, 9.17) is 0 Å². The van der Waals surface area contributed by atoms with Gasteiger partial charge in [0.2, 0.25) is 0 Å². The number of hydrogen-bond acceptors (Lipinski definition) is 3. The summed E-state index contributed by atoms with van der Waals surface area (Å²) >= 11 is 4.91. The van der Waals surface area contributed by atoms with Gasteiger partial charge in [-0.2, -0.15) is 0 Å². The second kappa shape index (κ2) is 4.72. The van der Waals surface area contributed by atoms with Crippen molar-refractivity contribution in [3.8, 4) is 10.6 Å². The summed E-state index contributed by atoms with van der Waals surface area (Å²) in [7, 11) is 0. The van der Waals surface area contributed by atoms with Crippen molar-refractivity contribution in [3.05, 3.63) is 39.8 Å². The molecular formula is C14H12BrNO2S. The number of hydrogen-bond donors (Lipinski definition) is 1. The predicted molar refractivity (Wildman–Crippen MR) is 78.4 cm³/mol. The fourth-order valence-electron chi connectivity index (χ4n) is 2.33. The fraction of sp³-hybridized carbons (Fsp3) is 0.286. The molecule has 2 aromatic rings. The van der Waals surface area contributed by atoms with Crippen molar-refractivity contribution in [1.82, 2.24) is 4.98 Å². The van der Waals surface area contributed by atoms with Crippen LogP contribution >= 0.6 is 27.3 Å². The van der Waals surface area contributed by atoms with Crippen LogP contribution in [-0.4, -0.2) is 16.1 Å². The number of aliphatic carboxylic acids is 1. The number of rotatable bonds is 3. The number of carboxylic acid groups (broad SMARTS) is 1. The van der Waals surface area contributed by atoms with Crippen LogP contribution in [0.4, 0.5) is 0 Å². The quantitative estimate of drug-likeness (QED) is 0.917. The minimum atomic E-state index is -0.744. The van der Waals surface area contributed by atoms with Gasteiger partial charge in [0.25, 0.3) is 0 Å². The largest absolute Gasteiger partial charge is 0.481 e. The third kappa shape index (κ3) is 2.11. The van der Waals surface area contributed by atoms with Crippen LogP contribution < -0.4 is 0 Å². The molecule has 1 aliphatic rings. The Morgan fingerprint density at radius 2 is 2.00 bits per heavy atom. The second-order valence-electron chi connectivity index (χ2n) is 4.79. The van der Waals surface area contributed by atoms with Gasteiger partial charge in [0.15, 0.2) is 0 Å². The van der Waals surface area contributed by atoms with E-state index in [0.29, 0.717) is 18.5 Å². The van der Waals surface area contributed by atoms with Crippen molar-refractivity contribution < 1.29 is 9.90 Å². The van der Waals surface area contributed by atoms with Crippen molar-refractivity contribution in [3.63, 3.8) is 0 Å². The number of benzene rings is 1. The zero-order valence-electron chi connectivity index (χ0n) is 10.1. The lowest BCUT2D eigenvalue weighted by Crippen LogP contribution is -2.42. The Morgan fingerprint density at radius 3 is 2.53 bits per heavy atom. The maximum atomic E-state index is 11.5. The molecule has 0 amide bonds. The summed E-state index contributed by atoms with van der Waals surface area (Å²) < 4.78 is 1.02. The number of nitrogens with zero attached hydrogens (tertiary/aromatic N) is 1. The van der Waals surface area contributed by atoms with E-state index < -0.39 is 11.4 Å². The molecule has 0 saturated heterocycles. The zero-order chi connectivity index (χ0) is 13.5. The van der Waals surface area contributed by atoms with E-state index in [-0.39, 0.29) is 0 Å². The molecule has 1 N–H and O–H groups in total. The van der Waals surface area contributed by atoms with Gasteiger partial charge in [-0.3, -0.25) is 4.79 Å². The van der Waals surface area contributed by atoms with Crippen molar-refractivity contribution in [1.29, 1.82) is 0 Å². The summed E-state index contributed by atoms with van der Waals surface area (Å²) in [4.78, 5) is 16.0. The molecule has 1 aromatic carbocycles. The fourth-order valence-corrected chi connectivity index (χ4v) is 3.52. The van der Waals surface area contributed by atoms with Crippen LogP contribution in [0.3, 0.4) is 0 Å². The van der Waals surface area contributed by atoms with Gasteiger partial charge in [-0.1, -0.05) is 34.5 Å². The number of halogens is 1. The standard InChI is InChI=1S/C14H12BrNO2S/c15-10-4-2-9(3-5-10)12-16-11(8-19-12)14(13(17)18)6-1-7-14/h2-5,8H,1,6-7H2,(H,17,18). The lowest BCUT2D eigenvalue weighted by atomic mass is 9.67. The first-order valence-corrected chi connectivity index (χ1v) is 7.74. The molecule has 0 radical (unpaired) electrons. The predicted octanol–water partition coefficient (Wildman–Crippen LogP) is 4.08. The molecule has 1 aliphatic carbocycles. The van der Waals surface area contributed by atoms with E-state index in [1.807, 2.05) is 29.6 Å².